The molecule has 0 amide bonds. The fourth-order valence-corrected chi connectivity index (χ4v) is 2.81. The number of rotatable bonds is 4. The van der Waals surface area contributed by atoms with Gasteiger partial charge in [-0.1, -0.05) is 18.2 Å². The molecule has 0 aliphatic rings. The van der Waals surface area contributed by atoms with Crippen LogP contribution in [0.15, 0.2) is 53.4 Å². The lowest BCUT2D eigenvalue weighted by Gasteiger charge is -2.10. The molecule has 0 aromatic heterocycles. The molecule has 0 N–H and O–H groups in total. The number of hydrogen-bond acceptors (Lipinski definition) is 5. The average molecular weight is 347 g/mol. The van der Waals surface area contributed by atoms with Crippen LogP contribution in [0.3, 0.4) is 0 Å². The molecule has 23 heavy (non-hydrogen) atoms. The quantitative estimate of drug-likeness (QED) is 0.481. The zero-order valence-corrected chi connectivity index (χ0v) is 12.0. The largest absolute Gasteiger partial charge is 0.416 e. The van der Waals surface area contributed by atoms with Gasteiger partial charge in [0.15, 0.2) is 4.90 Å². The van der Waals surface area contributed by atoms with E-state index in [4.69, 9.17) is 0 Å². The second kappa shape index (κ2) is 5.88. The highest BCUT2D eigenvalue weighted by molar-refractivity contribution is 7.87. The molecule has 0 heterocycles. The van der Waals surface area contributed by atoms with Gasteiger partial charge in [0.1, 0.15) is 5.75 Å². The van der Waals surface area contributed by atoms with Crippen molar-refractivity contribution in [2.24, 2.45) is 0 Å². The molecule has 122 valence electrons. The van der Waals surface area contributed by atoms with E-state index in [1.54, 1.807) is 0 Å². The summed E-state index contributed by atoms with van der Waals surface area (Å²) in [5.74, 6) is -0.599. The Morgan fingerprint density at radius 3 is 2.30 bits per heavy atom. The van der Waals surface area contributed by atoms with Gasteiger partial charge in [-0.05, 0) is 24.3 Å². The van der Waals surface area contributed by atoms with Crippen LogP contribution in [0.4, 0.5) is 18.9 Å². The van der Waals surface area contributed by atoms with E-state index in [-0.39, 0.29) is 0 Å². The summed E-state index contributed by atoms with van der Waals surface area (Å²) < 4.78 is 66.5. The number of nitro groups is 1. The summed E-state index contributed by atoms with van der Waals surface area (Å²) in [6.45, 7) is 0. The van der Waals surface area contributed by atoms with Gasteiger partial charge in [-0.25, -0.2) is 0 Å². The summed E-state index contributed by atoms with van der Waals surface area (Å²) in [5, 5.41) is 10.8. The standard InChI is InChI=1S/C13H8F3NO5S/c14-13(15,16)9-4-3-5-10(8-9)22-23(20,21)12-7-2-1-6-11(12)17(18)19/h1-8H. The summed E-state index contributed by atoms with van der Waals surface area (Å²) in [6, 6.07) is 7.56. The zero-order valence-electron chi connectivity index (χ0n) is 11.1. The van der Waals surface area contributed by atoms with Crippen molar-refractivity contribution < 1.29 is 30.7 Å². The number of halogens is 3. The Morgan fingerprint density at radius 1 is 1.04 bits per heavy atom. The molecule has 0 atom stereocenters. The topological polar surface area (TPSA) is 86.5 Å². The van der Waals surface area contributed by atoms with Crippen LogP contribution in [0.2, 0.25) is 0 Å². The number of nitrogens with zero attached hydrogens (tertiary/aromatic N) is 1. The Kier molecular flexibility index (Phi) is 4.28. The first kappa shape index (κ1) is 16.7. The Balaban J connectivity index is 2.42. The van der Waals surface area contributed by atoms with E-state index in [1.807, 2.05) is 0 Å². The number of hydrogen-bond donors (Lipinski definition) is 0. The van der Waals surface area contributed by atoms with Crippen molar-refractivity contribution in [1.29, 1.82) is 0 Å². The number of nitro benzene ring substituents is 1. The maximum Gasteiger partial charge on any atom is 0.416 e. The van der Waals surface area contributed by atoms with Crippen molar-refractivity contribution in [1.82, 2.24) is 0 Å². The summed E-state index contributed by atoms with van der Waals surface area (Å²) in [5.41, 5.74) is -1.84. The van der Waals surface area contributed by atoms with Crippen molar-refractivity contribution in [3.63, 3.8) is 0 Å². The summed E-state index contributed by atoms with van der Waals surface area (Å²) in [6.07, 6.45) is -4.68. The highest BCUT2D eigenvalue weighted by Gasteiger charge is 2.32. The Hall–Kier alpha value is -2.62. The number of para-hydroxylation sites is 1. The molecule has 0 unspecified atom stereocenters. The first-order valence-electron chi connectivity index (χ1n) is 5.96. The van der Waals surface area contributed by atoms with Gasteiger partial charge < -0.3 is 4.18 Å². The van der Waals surface area contributed by atoms with Crippen LogP contribution in [0.1, 0.15) is 5.56 Å². The minimum Gasteiger partial charge on any atom is -0.379 e. The Bertz CT molecular complexity index is 849. The molecule has 10 heteroatoms. The molecule has 6 nitrogen and oxygen atoms in total. The lowest BCUT2D eigenvalue weighted by atomic mass is 10.2. The number of benzene rings is 2. The van der Waals surface area contributed by atoms with Gasteiger partial charge >= 0.3 is 16.3 Å². The minimum absolute atomic E-state index is 0.492. The monoisotopic (exact) mass is 347 g/mol. The molecule has 0 radical (unpaired) electrons. The van der Waals surface area contributed by atoms with E-state index in [9.17, 15) is 31.7 Å². The van der Waals surface area contributed by atoms with Gasteiger partial charge in [0.05, 0.1) is 10.5 Å². The third-order valence-corrected chi connectivity index (χ3v) is 3.99. The van der Waals surface area contributed by atoms with Crippen LogP contribution >= 0.6 is 0 Å². The van der Waals surface area contributed by atoms with E-state index < -0.39 is 43.1 Å². The molecule has 2 rings (SSSR count). The van der Waals surface area contributed by atoms with Gasteiger partial charge in [-0.3, -0.25) is 10.1 Å². The van der Waals surface area contributed by atoms with Crippen LogP contribution in [0.25, 0.3) is 0 Å². The molecule has 2 aromatic carbocycles. The van der Waals surface area contributed by atoms with Crippen LogP contribution in [-0.4, -0.2) is 13.3 Å². The molecule has 0 bridgehead atoms. The average Bonchev–Trinajstić information content (AvgIpc) is 2.46. The smallest absolute Gasteiger partial charge is 0.379 e. The second-order valence-electron chi connectivity index (χ2n) is 4.29. The highest BCUT2D eigenvalue weighted by Crippen LogP contribution is 2.33. The van der Waals surface area contributed by atoms with Gasteiger partial charge in [0.2, 0.25) is 0 Å². The highest BCUT2D eigenvalue weighted by atomic mass is 32.2. The van der Waals surface area contributed by atoms with E-state index in [0.29, 0.717) is 6.07 Å². The maximum absolute atomic E-state index is 12.6. The second-order valence-corrected chi connectivity index (χ2v) is 5.80. The Labute approximate surface area is 128 Å². The van der Waals surface area contributed by atoms with Gasteiger partial charge in [0, 0.05) is 6.07 Å². The maximum atomic E-state index is 12.6. The number of alkyl halides is 3. The van der Waals surface area contributed by atoms with E-state index >= 15 is 0 Å². The molecule has 0 saturated heterocycles. The third kappa shape index (κ3) is 3.77. The predicted molar refractivity (Wildman–Crippen MR) is 72.4 cm³/mol. The first-order valence-corrected chi connectivity index (χ1v) is 7.37. The summed E-state index contributed by atoms with van der Waals surface area (Å²) in [4.78, 5) is 9.17. The SMILES string of the molecule is O=[N+]([O-])c1ccccc1S(=O)(=O)Oc1cccc(C(F)(F)F)c1. The molecule has 0 spiro atoms. The molecular weight excluding hydrogens is 339 g/mol. The normalized spacial score (nSPS) is 12.0. The third-order valence-electron chi connectivity index (χ3n) is 2.70. The van der Waals surface area contributed by atoms with Crippen LogP contribution in [0.5, 0.6) is 5.75 Å². The summed E-state index contributed by atoms with van der Waals surface area (Å²) in [7, 11) is -4.66. The molecule has 0 fully saturated rings. The zero-order chi connectivity index (χ0) is 17.3. The molecule has 0 saturated carbocycles. The van der Waals surface area contributed by atoms with Crippen molar-refractivity contribution in [2.45, 2.75) is 11.1 Å². The van der Waals surface area contributed by atoms with Crippen LogP contribution in [-0.2, 0) is 16.3 Å². The fourth-order valence-electron chi connectivity index (χ4n) is 1.72. The lowest BCUT2D eigenvalue weighted by molar-refractivity contribution is -0.387. The molecular formula is C13H8F3NO5S. The van der Waals surface area contributed by atoms with Crippen molar-refractivity contribution >= 4 is 15.8 Å². The first-order chi connectivity index (χ1) is 10.6. The lowest BCUT2D eigenvalue weighted by Crippen LogP contribution is -2.12. The van der Waals surface area contributed by atoms with E-state index in [0.717, 1.165) is 30.3 Å². The van der Waals surface area contributed by atoms with Crippen LogP contribution < -0.4 is 4.18 Å². The van der Waals surface area contributed by atoms with E-state index in [2.05, 4.69) is 4.18 Å². The van der Waals surface area contributed by atoms with Crippen molar-refractivity contribution in [3.8, 4) is 5.75 Å². The molecule has 0 aliphatic carbocycles. The van der Waals surface area contributed by atoms with Gasteiger partial charge in [-0.2, -0.15) is 21.6 Å². The van der Waals surface area contributed by atoms with Gasteiger partial charge in [-0.15, -0.1) is 0 Å². The van der Waals surface area contributed by atoms with E-state index in [1.165, 1.54) is 12.1 Å². The van der Waals surface area contributed by atoms with Crippen LogP contribution in [0, 0.1) is 10.1 Å². The summed E-state index contributed by atoms with van der Waals surface area (Å²) >= 11 is 0. The molecule has 0 aliphatic heterocycles. The minimum atomic E-state index is -4.68. The van der Waals surface area contributed by atoms with Gasteiger partial charge in [0.25, 0.3) is 5.69 Å². The fraction of sp³-hybridized carbons (Fsp3) is 0.0769. The van der Waals surface area contributed by atoms with Crippen molar-refractivity contribution in [3.05, 3.63) is 64.2 Å². The molecule has 2 aromatic rings. The predicted octanol–water partition coefficient (Wildman–Crippen LogP) is 3.38. The van der Waals surface area contributed by atoms with Crippen molar-refractivity contribution in [2.75, 3.05) is 0 Å². The Morgan fingerprint density at radius 2 is 1.70 bits per heavy atom.